The van der Waals surface area contributed by atoms with Crippen molar-refractivity contribution in [2.24, 2.45) is 13.0 Å². The van der Waals surface area contributed by atoms with Crippen LogP contribution in [0.2, 0.25) is 0 Å². The Hall–Kier alpha value is -2.22. The molecular formula is C18H23N3O4S. The third-order valence-corrected chi connectivity index (χ3v) is 6.17. The largest absolute Gasteiger partial charge is 0.466 e. The molecule has 3 rings (SSSR count). The van der Waals surface area contributed by atoms with E-state index in [1.54, 1.807) is 32.7 Å². The van der Waals surface area contributed by atoms with E-state index in [9.17, 15) is 14.4 Å². The van der Waals surface area contributed by atoms with Crippen molar-refractivity contribution in [3.05, 3.63) is 26.6 Å². The van der Waals surface area contributed by atoms with Gasteiger partial charge in [0, 0.05) is 20.1 Å². The van der Waals surface area contributed by atoms with E-state index in [0.29, 0.717) is 59.0 Å². The quantitative estimate of drug-likeness (QED) is 0.765. The summed E-state index contributed by atoms with van der Waals surface area (Å²) in [5, 5.41) is 0.521. The number of piperidine rings is 1. The Morgan fingerprint density at radius 1 is 1.27 bits per heavy atom. The van der Waals surface area contributed by atoms with E-state index in [-0.39, 0.29) is 23.4 Å². The van der Waals surface area contributed by atoms with E-state index < -0.39 is 0 Å². The molecule has 3 heterocycles. The molecule has 0 spiro atoms. The average Bonchev–Trinajstić information content (AvgIpc) is 2.95. The molecule has 1 aliphatic heterocycles. The second-order valence-corrected chi connectivity index (χ2v) is 7.58. The number of carbonyl (C=O) groups excluding carboxylic acids is 2. The molecule has 0 aliphatic carbocycles. The summed E-state index contributed by atoms with van der Waals surface area (Å²) in [6, 6.07) is 0. The summed E-state index contributed by atoms with van der Waals surface area (Å²) in [4.78, 5) is 44.7. The zero-order chi connectivity index (χ0) is 19.0. The van der Waals surface area contributed by atoms with E-state index in [2.05, 4.69) is 4.98 Å². The Balaban J connectivity index is 1.83. The maximum atomic E-state index is 13.0. The first-order valence-electron chi connectivity index (χ1n) is 8.77. The van der Waals surface area contributed by atoms with Crippen molar-refractivity contribution in [3.8, 4) is 0 Å². The second kappa shape index (κ2) is 7.19. The van der Waals surface area contributed by atoms with Crippen LogP contribution >= 0.6 is 11.3 Å². The van der Waals surface area contributed by atoms with Crippen molar-refractivity contribution < 1.29 is 14.3 Å². The molecule has 0 bridgehead atoms. The van der Waals surface area contributed by atoms with Crippen molar-refractivity contribution in [1.82, 2.24) is 14.5 Å². The van der Waals surface area contributed by atoms with Crippen LogP contribution < -0.4 is 5.56 Å². The number of amides is 1. The van der Waals surface area contributed by atoms with Crippen LogP contribution in [0.1, 0.15) is 40.8 Å². The molecule has 8 heteroatoms. The molecule has 0 N–H and O–H groups in total. The van der Waals surface area contributed by atoms with Gasteiger partial charge < -0.3 is 9.64 Å². The van der Waals surface area contributed by atoms with Gasteiger partial charge in [-0.1, -0.05) is 0 Å². The lowest BCUT2D eigenvalue weighted by Gasteiger charge is -2.30. The molecule has 0 unspecified atom stereocenters. The number of aryl methyl sites for hydroxylation is 2. The van der Waals surface area contributed by atoms with Crippen molar-refractivity contribution in [3.63, 3.8) is 0 Å². The fourth-order valence-corrected chi connectivity index (χ4v) is 4.48. The van der Waals surface area contributed by atoms with Crippen LogP contribution in [0, 0.1) is 19.8 Å². The van der Waals surface area contributed by atoms with E-state index in [0.717, 1.165) is 0 Å². The molecule has 2 aromatic rings. The Morgan fingerprint density at radius 2 is 1.92 bits per heavy atom. The number of fused-ring (bicyclic) bond motifs is 1. The number of ether oxygens (including phenoxy) is 1. The Morgan fingerprint density at radius 3 is 2.54 bits per heavy atom. The fourth-order valence-electron chi connectivity index (χ4n) is 3.29. The van der Waals surface area contributed by atoms with Crippen LogP contribution in [0.5, 0.6) is 0 Å². The van der Waals surface area contributed by atoms with Crippen LogP contribution in [-0.4, -0.2) is 46.0 Å². The fraction of sp³-hybridized carbons (Fsp3) is 0.556. The van der Waals surface area contributed by atoms with Crippen molar-refractivity contribution >= 4 is 33.4 Å². The van der Waals surface area contributed by atoms with Gasteiger partial charge in [-0.25, -0.2) is 4.98 Å². The smallest absolute Gasteiger partial charge is 0.309 e. The summed E-state index contributed by atoms with van der Waals surface area (Å²) in [6.07, 6.45) is 1.21. The summed E-state index contributed by atoms with van der Waals surface area (Å²) in [7, 11) is 1.68. The number of thiophene rings is 1. The highest BCUT2D eigenvalue weighted by Gasteiger charge is 2.30. The third-order valence-electron chi connectivity index (χ3n) is 4.99. The highest BCUT2D eigenvalue weighted by atomic mass is 32.1. The van der Waals surface area contributed by atoms with Crippen LogP contribution in [0.15, 0.2) is 4.79 Å². The number of aromatic nitrogens is 2. The summed E-state index contributed by atoms with van der Waals surface area (Å²) >= 11 is 1.27. The number of likely N-dealkylation sites (tertiary alicyclic amines) is 1. The van der Waals surface area contributed by atoms with Crippen molar-refractivity contribution in [2.45, 2.75) is 33.6 Å². The molecule has 26 heavy (non-hydrogen) atoms. The van der Waals surface area contributed by atoms with Crippen LogP contribution in [0.3, 0.4) is 0 Å². The lowest BCUT2D eigenvalue weighted by atomic mass is 9.97. The van der Waals surface area contributed by atoms with Gasteiger partial charge in [0.05, 0.1) is 22.8 Å². The number of hydrogen-bond acceptors (Lipinski definition) is 6. The zero-order valence-electron chi connectivity index (χ0n) is 15.5. The van der Waals surface area contributed by atoms with Gasteiger partial charge in [-0.3, -0.25) is 19.0 Å². The van der Waals surface area contributed by atoms with Gasteiger partial charge in [-0.05, 0) is 39.2 Å². The first-order valence-corrected chi connectivity index (χ1v) is 9.59. The topological polar surface area (TPSA) is 81.5 Å². The van der Waals surface area contributed by atoms with E-state index >= 15 is 0 Å². The molecule has 0 atom stereocenters. The molecular weight excluding hydrogens is 354 g/mol. The van der Waals surface area contributed by atoms with Crippen LogP contribution in [-0.2, 0) is 16.6 Å². The molecule has 0 radical (unpaired) electrons. The van der Waals surface area contributed by atoms with E-state index in [4.69, 9.17) is 4.74 Å². The standard InChI is InChI=1S/C18H23N3O4S/c1-5-25-18(24)12-6-8-21(9-7-12)17(23)14-10(2)13-15(26-14)19-11(3)20(4)16(13)22/h12H,5-9H2,1-4H3. The monoisotopic (exact) mass is 377 g/mol. The van der Waals surface area contributed by atoms with Gasteiger partial charge in [0.25, 0.3) is 11.5 Å². The highest BCUT2D eigenvalue weighted by Crippen LogP contribution is 2.30. The number of esters is 1. The number of hydrogen-bond donors (Lipinski definition) is 0. The Labute approximate surface area is 155 Å². The summed E-state index contributed by atoms with van der Waals surface area (Å²) in [5.41, 5.74) is 0.567. The first-order chi connectivity index (χ1) is 12.3. The van der Waals surface area contributed by atoms with Gasteiger partial charge >= 0.3 is 5.97 Å². The highest BCUT2D eigenvalue weighted by molar-refractivity contribution is 7.20. The number of carbonyl (C=O) groups is 2. The first kappa shape index (κ1) is 18.6. The molecule has 0 aromatic carbocycles. The Bertz CT molecular complexity index is 923. The maximum Gasteiger partial charge on any atom is 0.309 e. The minimum absolute atomic E-state index is 0.0903. The summed E-state index contributed by atoms with van der Waals surface area (Å²) in [6.45, 7) is 6.77. The van der Waals surface area contributed by atoms with Crippen molar-refractivity contribution in [1.29, 1.82) is 0 Å². The lowest BCUT2D eigenvalue weighted by molar-refractivity contribution is -0.149. The minimum Gasteiger partial charge on any atom is -0.466 e. The maximum absolute atomic E-state index is 13.0. The molecule has 1 aliphatic rings. The molecule has 140 valence electrons. The van der Waals surface area contributed by atoms with Gasteiger partial charge in [0.1, 0.15) is 10.7 Å². The normalized spacial score (nSPS) is 15.5. The molecule has 1 saturated heterocycles. The lowest BCUT2D eigenvalue weighted by Crippen LogP contribution is -2.40. The summed E-state index contributed by atoms with van der Waals surface area (Å²) in [5.74, 6) is 0.213. The SMILES string of the molecule is CCOC(=O)C1CCN(C(=O)c2sc3nc(C)n(C)c(=O)c3c2C)CC1. The number of rotatable bonds is 3. The van der Waals surface area contributed by atoms with E-state index in [1.807, 2.05) is 0 Å². The van der Waals surface area contributed by atoms with Gasteiger partial charge in [0.15, 0.2) is 0 Å². The van der Waals surface area contributed by atoms with Crippen LogP contribution in [0.25, 0.3) is 10.2 Å². The molecule has 1 fully saturated rings. The second-order valence-electron chi connectivity index (χ2n) is 6.58. The average molecular weight is 377 g/mol. The number of nitrogens with zero attached hydrogens (tertiary/aromatic N) is 3. The Kier molecular flexibility index (Phi) is 5.13. The molecule has 0 saturated carbocycles. The van der Waals surface area contributed by atoms with E-state index in [1.165, 1.54) is 15.9 Å². The predicted molar refractivity (Wildman–Crippen MR) is 99.6 cm³/mol. The summed E-state index contributed by atoms with van der Waals surface area (Å²) < 4.78 is 6.57. The minimum atomic E-state index is -0.180. The van der Waals surface area contributed by atoms with Crippen molar-refractivity contribution in [2.75, 3.05) is 19.7 Å². The molecule has 7 nitrogen and oxygen atoms in total. The molecule has 2 aromatic heterocycles. The molecule has 1 amide bonds. The third kappa shape index (κ3) is 3.13. The van der Waals surface area contributed by atoms with Gasteiger partial charge in [0.2, 0.25) is 0 Å². The van der Waals surface area contributed by atoms with Crippen LogP contribution in [0.4, 0.5) is 0 Å². The van der Waals surface area contributed by atoms with Gasteiger partial charge in [-0.2, -0.15) is 0 Å². The zero-order valence-corrected chi connectivity index (χ0v) is 16.3. The van der Waals surface area contributed by atoms with Gasteiger partial charge in [-0.15, -0.1) is 11.3 Å². The predicted octanol–water partition coefficient (Wildman–Crippen LogP) is 2.03.